The van der Waals surface area contributed by atoms with Crippen molar-refractivity contribution in [1.29, 1.82) is 0 Å². The highest BCUT2D eigenvalue weighted by Crippen LogP contribution is 2.22. The summed E-state index contributed by atoms with van der Waals surface area (Å²) in [4.78, 5) is 23.0. The normalized spacial score (nSPS) is 12.4. The van der Waals surface area contributed by atoms with Crippen molar-refractivity contribution >= 4 is 27.9 Å². The molecule has 0 unspecified atom stereocenters. The molecule has 2 aromatic carbocycles. The molecule has 0 amide bonds. The third-order valence-corrected chi connectivity index (χ3v) is 6.23. The summed E-state index contributed by atoms with van der Waals surface area (Å²) in [5.41, 5.74) is 2.48. The number of hydrogen-bond donors (Lipinski definition) is 1. The second-order valence-corrected chi connectivity index (χ2v) is 9.79. The van der Waals surface area contributed by atoms with Crippen LogP contribution in [0.1, 0.15) is 42.3 Å². The highest BCUT2D eigenvalue weighted by molar-refractivity contribution is 7.89. The molecular formula is C22H25NO5S. The van der Waals surface area contributed by atoms with Gasteiger partial charge in [-0.15, -0.1) is 0 Å². The lowest BCUT2D eigenvalue weighted by atomic mass is 9.87. The molecule has 0 aliphatic rings. The summed E-state index contributed by atoms with van der Waals surface area (Å²) in [6, 6.07) is 13.4. The van der Waals surface area contributed by atoms with Crippen molar-refractivity contribution in [2.45, 2.75) is 31.1 Å². The van der Waals surface area contributed by atoms with Gasteiger partial charge in [-0.1, -0.05) is 51.1 Å². The first-order valence-corrected chi connectivity index (χ1v) is 10.5. The predicted molar refractivity (Wildman–Crippen MR) is 112 cm³/mol. The average Bonchev–Trinajstić information content (AvgIpc) is 2.65. The fraction of sp³-hybridized carbons (Fsp3) is 0.273. The van der Waals surface area contributed by atoms with E-state index in [4.69, 9.17) is 5.11 Å². The van der Waals surface area contributed by atoms with Gasteiger partial charge in [-0.3, -0.25) is 9.59 Å². The van der Waals surface area contributed by atoms with Crippen molar-refractivity contribution in [2.75, 3.05) is 13.6 Å². The van der Waals surface area contributed by atoms with Gasteiger partial charge in [0, 0.05) is 12.6 Å². The second kappa shape index (κ2) is 8.71. The topological polar surface area (TPSA) is 91.8 Å². The maximum atomic E-state index is 12.4. The molecule has 0 saturated carbocycles. The molecule has 0 radical (unpaired) electrons. The van der Waals surface area contributed by atoms with E-state index in [0.29, 0.717) is 5.56 Å². The Hall–Kier alpha value is -2.77. The van der Waals surface area contributed by atoms with Crippen LogP contribution in [0.3, 0.4) is 0 Å². The van der Waals surface area contributed by atoms with Gasteiger partial charge in [0.1, 0.15) is 6.54 Å². The number of carboxylic acids is 1. The number of ketones is 1. The van der Waals surface area contributed by atoms with E-state index in [0.717, 1.165) is 9.87 Å². The number of carbonyl (C=O) groups excluding carboxylic acids is 1. The third kappa shape index (κ3) is 5.85. The Bertz CT molecular complexity index is 1010. The zero-order chi connectivity index (χ0) is 21.8. The lowest BCUT2D eigenvalue weighted by Crippen LogP contribution is -2.32. The minimum atomic E-state index is -3.92. The van der Waals surface area contributed by atoms with Gasteiger partial charge in [-0.25, -0.2) is 8.42 Å². The van der Waals surface area contributed by atoms with E-state index in [9.17, 15) is 18.0 Å². The minimum Gasteiger partial charge on any atom is -0.480 e. The molecule has 2 rings (SSSR count). The lowest BCUT2D eigenvalue weighted by Gasteiger charge is -2.18. The van der Waals surface area contributed by atoms with E-state index in [1.54, 1.807) is 6.08 Å². The lowest BCUT2D eigenvalue weighted by molar-refractivity contribution is -0.137. The van der Waals surface area contributed by atoms with Gasteiger partial charge in [0.2, 0.25) is 10.0 Å². The molecule has 0 bridgehead atoms. The number of aliphatic carboxylic acids is 1. The summed E-state index contributed by atoms with van der Waals surface area (Å²) >= 11 is 0. The predicted octanol–water partition coefficient (Wildman–Crippen LogP) is 3.59. The van der Waals surface area contributed by atoms with E-state index in [1.807, 2.05) is 24.3 Å². The zero-order valence-electron chi connectivity index (χ0n) is 16.9. The summed E-state index contributed by atoms with van der Waals surface area (Å²) < 4.78 is 25.4. The van der Waals surface area contributed by atoms with Crippen LogP contribution in [0.4, 0.5) is 0 Å². The number of likely N-dealkylation sites (N-methyl/N-ethyl adjacent to an activating group) is 1. The molecule has 0 heterocycles. The maximum Gasteiger partial charge on any atom is 0.318 e. The number of nitrogens with zero attached hydrogens (tertiary/aromatic N) is 1. The van der Waals surface area contributed by atoms with Crippen LogP contribution in [0, 0.1) is 0 Å². The van der Waals surface area contributed by atoms with Crippen molar-refractivity contribution in [1.82, 2.24) is 4.31 Å². The van der Waals surface area contributed by atoms with Gasteiger partial charge in [-0.05, 0) is 46.9 Å². The van der Waals surface area contributed by atoms with Gasteiger partial charge >= 0.3 is 5.97 Å². The fourth-order valence-corrected chi connectivity index (χ4v) is 3.73. The molecule has 0 fully saturated rings. The molecule has 29 heavy (non-hydrogen) atoms. The van der Waals surface area contributed by atoms with Crippen LogP contribution in [-0.4, -0.2) is 43.2 Å². The van der Waals surface area contributed by atoms with E-state index >= 15 is 0 Å². The molecule has 0 aromatic heterocycles. The Labute approximate surface area is 171 Å². The fourth-order valence-electron chi connectivity index (χ4n) is 2.61. The van der Waals surface area contributed by atoms with Crippen molar-refractivity contribution in [2.24, 2.45) is 0 Å². The van der Waals surface area contributed by atoms with E-state index < -0.39 is 22.5 Å². The minimum absolute atomic E-state index is 0.0542. The molecule has 7 heteroatoms. The standard InChI is InChI=1S/C22H25NO5S/c1-22(2,3)18-10-5-16(6-11-18)7-14-20(24)17-8-12-19(13-9-17)29(27,28)23(4)15-21(25)26/h5-14H,15H2,1-4H3,(H,25,26)/b14-7+. The Morgan fingerprint density at radius 3 is 2.03 bits per heavy atom. The SMILES string of the molecule is CN(CC(=O)O)S(=O)(=O)c1ccc(C(=O)/C=C/c2ccc(C(C)(C)C)cc2)cc1. The number of rotatable bonds is 7. The number of carboxylic acid groups (broad SMARTS) is 1. The van der Waals surface area contributed by atoms with Crippen LogP contribution in [0.25, 0.3) is 6.08 Å². The summed E-state index contributed by atoms with van der Waals surface area (Å²) in [6.07, 6.45) is 3.15. The summed E-state index contributed by atoms with van der Waals surface area (Å²) in [7, 11) is -2.73. The first-order valence-electron chi connectivity index (χ1n) is 9.02. The van der Waals surface area contributed by atoms with Crippen LogP contribution in [0.5, 0.6) is 0 Å². The number of allylic oxidation sites excluding steroid dienone is 1. The molecule has 6 nitrogen and oxygen atoms in total. The summed E-state index contributed by atoms with van der Waals surface area (Å²) in [6.45, 7) is 5.75. The highest BCUT2D eigenvalue weighted by Gasteiger charge is 2.22. The van der Waals surface area contributed by atoms with Gasteiger partial charge in [0.15, 0.2) is 5.78 Å². The Morgan fingerprint density at radius 2 is 1.55 bits per heavy atom. The smallest absolute Gasteiger partial charge is 0.318 e. The Balaban J connectivity index is 2.12. The van der Waals surface area contributed by atoms with Crippen LogP contribution >= 0.6 is 0 Å². The summed E-state index contributed by atoms with van der Waals surface area (Å²) in [5, 5.41) is 8.76. The van der Waals surface area contributed by atoms with Crippen molar-refractivity contribution in [3.8, 4) is 0 Å². The van der Waals surface area contributed by atoms with Gasteiger partial charge in [0.05, 0.1) is 4.90 Å². The Kier molecular flexibility index (Phi) is 6.77. The molecule has 0 spiro atoms. The molecule has 154 valence electrons. The quantitative estimate of drug-likeness (QED) is 0.551. The zero-order valence-corrected chi connectivity index (χ0v) is 17.7. The van der Waals surface area contributed by atoms with Gasteiger partial charge in [-0.2, -0.15) is 4.31 Å². The second-order valence-electron chi connectivity index (χ2n) is 7.75. The molecule has 1 N–H and O–H groups in total. The van der Waals surface area contributed by atoms with Crippen LogP contribution in [-0.2, 0) is 20.2 Å². The van der Waals surface area contributed by atoms with E-state index in [-0.39, 0.29) is 16.1 Å². The van der Waals surface area contributed by atoms with Crippen molar-refractivity contribution in [3.05, 3.63) is 71.3 Å². The van der Waals surface area contributed by atoms with E-state index in [2.05, 4.69) is 20.8 Å². The van der Waals surface area contributed by atoms with E-state index in [1.165, 1.54) is 43.0 Å². The van der Waals surface area contributed by atoms with Crippen LogP contribution < -0.4 is 0 Å². The molecule has 0 saturated heterocycles. The summed E-state index contributed by atoms with van der Waals surface area (Å²) in [5.74, 6) is -1.50. The van der Waals surface area contributed by atoms with Gasteiger partial charge in [0.25, 0.3) is 0 Å². The molecule has 0 atom stereocenters. The van der Waals surface area contributed by atoms with Crippen molar-refractivity contribution < 1.29 is 23.1 Å². The number of hydrogen-bond acceptors (Lipinski definition) is 4. The number of sulfonamides is 1. The maximum absolute atomic E-state index is 12.4. The largest absolute Gasteiger partial charge is 0.480 e. The number of carbonyl (C=O) groups is 2. The first-order chi connectivity index (χ1) is 13.4. The third-order valence-electron chi connectivity index (χ3n) is 4.41. The van der Waals surface area contributed by atoms with Gasteiger partial charge < -0.3 is 5.11 Å². The highest BCUT2D eigenvalue weighted by atomic mass is 32.2. The Morgan fingerprint density at radius 1 is 1.00 bits per heavy atom. The average molecular weight is 416 g/mol. The molecule has 2 aromatic rings. The van der Waals surface area contributed by atoms with Crippen LogP contribution in [0.2, 0.25) is 0 Å². The molecular weight excluding hydrogens is 390 g/mol. The van der Waals surface area contributed by atoms with Crippen molar-refractivity contribution in [3.63, 3.8) is 0 Å². The molecule has 0 aliphatic heterocycles. The first kappa shape index (κ1) is 22.5. The molecule has 0 aliphatic carbocycles. The monoisotopic (exact) mass is 415 g/mol. The number of benzene rings is 2. The van der Waals surface area contributed by atoms with Crippen LogP contribution in [0.15, 0.2) is 59.5 Å².